The van der Waals surface area contributed by atoms with Crippen molar-refractivity contribution in [3.63, 3.8) is 0 Å². The third-order valence-corrected chi connectivity index (χ3v) is 5.04. The molecule has 0 aliphatic carbocycles. The molecule has 5 nitrogen and oxygen atoms in total. The van der Waals surface area contributed by atoms with Gasteiger partial charge < -0.3 is 10.2 Å². The highest BCUT2D eigenvalue weighted by Crippen LogP contribution is 2.34. The van der Waals surface area contributed by atoms with Gasteiger partial charge in [0.15, 0.2) is 5.69 Å². The van der Waals surface area contributed by atoms with Gasteiger partial charge in [-0.3, -0.25) is 4.79 Å². The van der Waals surface area contributed by atoms with Gasteiger partial charge in [-0.25, -0.2) is 9.97 Å². The molecule has 2 aromatic heterocycles. The molecular formula is C19H20ClF3N4O. The Hall–Kier alpha value is -2.35. The highest BCUT2D eigenvalue weighted by atomic mass is 35.5. The van der Waals surface area contributed by atoms with Crippen molar-refractivity contribution < 1.29 is 18.0 Å². The molecule has 9 heteroatoms. The average molecular weight is 413 g/mol. The van der Waals surface area contributed by atoms with E-state index < -0.39 is 16.9 Å². The van der Waals surface area contributed by atoms with Crippen LogP contribution in [0.3, 0.4) is 0 Å². The molecule has 1 saturated heterocycles. The third-order valence-electron chi connectivity index (χ3n) is 4.75. The topological polar surface area (TPSA) is 58.1 Å². The molecule has 3 rings (SSSR count). The van der Waals surface area contributed by atoms with Crippen LogP contribution in [0, 0.1) is 0 Å². The summed E-state index contributed by atoms with van der Waals surface area (Å²) in [6.45, 7) is 2.82. The standard InChI is InChI=1S/C19H20ClF3N4O/c1-2-14-5-3-4-8-27(14)18(28)12-6-7-16(24-10-12)26-13-9-15(20)17(25-11-13)19(21,22)23/h6-7,9-11,14H,2-5,8H2,1H3,(H,24,26)/t14-/m1/s1. The third kappa shape index (κ3) is 4.55. The molecule has 2 aromatic rings. The quantitative estimate of drug-likeness (QED) is 0.740. The summed E-state index contributed by atoms with van der Waals surface area (Å²) in [5.74, 6) is 0.324. The summed E-state index contributed by atoms with van der Waals surface area (Å²) in [5, 5.41) is 2.34. The van der Waals surface area contributed by atoms with E-state index in [1.54, 1.807) is 12.1 Å². The Morgan fingerprint density at radius 3 is 2.68 bits per heavy atom. The van der Waals surface area contributed by atoms with Gasteiger partial charge in [-0.1, -0.05) is 18.5 Å². The van der Waals surface area contributed by atoms with Crippen molar-refractivity contribution in [2.75, 3.05) is 11.9 Å². The van der Waals surface area contributed by atoms with Crippen molar-refractivity contribution >= 4 is 29.0 Å². The van der Waals surface area contributed by atoms with Crippen LogP contribution < -0.4 is 5.32 Å². The summed E-state index contributed by atoms with van der Waals surface area (Å²) in [5.41, 5.74) is -0.387. The van der Waals surface area contributed by atoms with Gasteiger partial charge in [-0.05, 0) is 43.9 Å². The number of aromatic nitrogens is 2. The number of piperidine rings is 1. The normalized spacial score (nSPS) is 17.5. The maximum atomic E-state index is 12.7. The Bertz CT molecular complexity index is 842. The van der Waals surface area contributed by atoms with Crippen molar-refractivity contribution in [1.82, 2.24) is 14.9 Å². The smallest absolute Gasteiger partial charge is 0.339 e. The maximum Gasteiger partial charge on any atom is 0.434 e. The minimum atomic E-state index is -4.61. The number of alkyl halides is 3. The van der Waals surface area contributed by atoms with Gasteiger partial charge in [0.1, 0.15) is 5.82 Å². The second kappa shape index (κ2) is 8.34. The molecule has 1 N–H and O–H groups in total. The Balaban J connectivity index is 1.71. The second-order valence-electron chi connectivity index (χ2n) is 6.67. The molecule has 0 bridgehead atoms. The van der Waals surface area contributed by atoms with E-state index in [1.807, 2.05) is 4.90 Å². The fraction of sp³-hybridized carbons (Fsp3) is 0.421. The van der Waals surface area contributed by atoms with Crippen molar-refractivity contribution in [2.45, 2.75) is 44.8 Å². The summed E-state index contributed by atoms with van der Waals surface area (Å²) in [4.78, 5) is 22.2. The van der Waals surface area contributed by atoms with E-state index >= 15 is 0 Å². The molecule has 150 valence electrons. The van der Waals surface area contributed by atoms with Crippen LogP contribution in [-0.4, -0.2) is 33.4 Å². The number of likely N-dealkylation sites (tertiary alicyclic amines) is 1. The number of halogens is 4. The van der Waals surface area contributed by atoms with E-state index in [9.17, 15) is 18.0 Å². The van der Waals surface area contributed by atoms with Crippen LogP contribution >= 0.6 is 11.6 Å². The number of anilines is 2. The number of hydrogen-bond acceptors (Lipinski definition) is 4. The van der Waals surface area contributed by atoms with E-state index in [-0.39, 0.29) is 17.6 Å². The molecule has 0 radical (unpaired) electrons. The summed E-state index contributed by atoms with van der Waals surface area (Å²) < 4.78 is 38.2. The first-order valence-corrected chi connectivity index (χ1v) is 9.44. The molecular weight excluding hydrogens is 393 g/mol. The molecule has 28 heavy (non-hydrogen) atoms. The fourth-order valence-corrected chi connectivity index (χ4v) is 3.59. The van der Waals surface area contributed by atoms with Gasteiger partial charge in [0.25, 0.3) is 5.91 Å². The number of amides is 1. The molecule has 1 aliphatic heterocycles. The minimum Gasteiger partial charge on any atom is -0.339 e. The van der Waals surface area contributed by atoms with Crippen LogP contribution in [0.25, 0.3) is 0 Å². The zero-order valence-electron chi connectivity index (χ0n) is 15.3. The zero-order chi connectivity index (χ0) is 20.3. The van der Waals surface area contributed by atoms with Crippen LogP contribution in [-0.2, 0) is 6.18 Å². The number of hydrogen-bond donors (Lipinski definition) is 1. The second-order valence-corrected chi connectivity index (χ2v) is 7.07. The van der Waals surface area contributed by atoms with E-state index in [2.05, 4.69) is 22.2 Å². The molecule has 1 aliphatic rings. The lowest BCUT2D eigenvalue weighted by Gasteiger charge is -2.35. The molecule has 0 unspecified atom stereocenters. The number of rotatable bonds is 4. The number of nitrogens with zero attached hydrogens (tertiary/aromatic N) is 3. The van der Waals surface area contributed by atoms with Crippen LogP contribution in [0.2, 0.25) is 5.02 Å². The molecule has 1 atom stereocenters. The number of carbonyl (C=O) groups is 1. The van der Waals surface area contributed by atoms with E-state index in [1.165, 1.54) is 6.20 Å². The van der Waals surface area contributed by atoms with Crippen molar-refractivity contribution in [1.29, 1.82) is 0 Å². The first-order valence-electron chi connectivity index (χ1n) is 9.06. The molecule has 3 heterocycles. The summed E-state index contributed by atoms with van der Waals surface area (Å²) in [7, 11) is 0. The van der Waals surface area contributed by atoms with E-state index in [0.29, 0.717) is 11.4 Å². The largest absolute Gasteiger partial charge is 0.434 e. The highest BCUT2D eigenvalue weighted by Gasteiger charge is 2.35. The Morgan fingerprint density at radius 2 is 2.07 bits per heavy atom. The summed E-state index contributed by atoms with van der Waals surface area (Å²) >= 11 is 5.67. The Labute approximate surface area is 165 Å². The van der Waals surface area contributed by atoms with Gasteiger partial charge >= 0.3 is 6.18 Å². The first-order chi connectivity index (χ1) is 13.3. The minimum absolute atomic E-state index is 0.0511. The molecule has 0 spiro atoms. The van der Waals surface area contributed by atoms with Gasteiger partial charge in [-0.2, -0.15) is 13.2 Å². The summed E-state index contributed by atoms with van der Waals surface area (Å²) in [6, 6.07) is 4.64. The summed E-state index contributed by atoms with van der Waals surface area (Å²) in [6.07, 6.45) is 1.95. The number of carbonyl (C=O) groups excluding carboxylic acids is 1. The van der Waals surface area contributed by atoms with Crippen molar-refractivity contribution in [3.05, 3.63) is 46.9 Å². The lowest BCUT2D eigenvalue weighted by Crippen LogP contribution is -2.43. The van der Waals surface area contributed by atoms with Gasteiger partial charge in [0.2, 0.25) is 0 Å². The SMILES string of the molecule is CC[C@@H]1CCCCN1C(=O)c1ccc(Nc2cnc(C(F)(F)F)c(Cl)c2)nc1. The highest BCUT2D eigenvalue weighted by molar-refractivity contribution is 6.31. The van der Waals surface area contributed by atoms with Crippen LogP contribution in [0.5, 0.6) is 0 Å². The van der Waals surface area contributed by atoms with Crippen molar-refractivity contribution in [3.8, 4) is 0 Å². The zero-order valence-corrected chi connectivity index (χ0v) is 16.0. The average Bonchev–Trinajstić information content (AvgIpc) is 2.67. The maximum absolute atomic E-state index is 12.7. The monoisotopic (exact) mass is 412 g/mol. The van der Waals surface area contributed by atoms with Crippen LogP contribution in [0.4, 0.5) is 24.7 Å². The lowest BCUT2D eigenvalue weighted by atomic mass is 9.99. The van der Waals surface area contributed by atoms with E-state index in [0.717, 1.165) is 44.5 Å². The van der Waals surface area contributed by atoms with Crippen molar-refractivity contribution in [2.24, 2.45) is 0 Å². The van der Waals surface area contributed by atoms with E-state index in [4.69, 9.17) is 11.6 Å². The van der Waals surface area contributed by atoms with Gasteiger partial charge in [0.05, 0.1) is 22.5 Å². The van der Waals surface area contributed by atoms with Crippen LogP contribution in [0.1, 0.15) is 48.7 Å². The Kier molecular flexibility index (Phi) is 6.07. The molecule has 0 saturated carbocycles. The first kappa shape index (κ1) is 20.4. The van der Waals surface area contributed by atoms with Gasteiger partial charge in [0, 0.05) is 18.8 Å². The van der Waals surface area contributed by atoms with Crippen LogP contribution in [0.15, 0.2) is 30.6 Å². The molecule has 1 amide bonds. The molecule has 0 aromatic carbocycles. The lowest BCUT2D eigenvalue weighted by molar-refractivity contribution is -0.141. The predicted molar refractivity (Wildman–Crippen MR) is 101 cm³/mol. The predicted octanol–water partition coefficient (Wildman–Crippen LogP) is 5.30. The fourth-order valence-electron chi connectivity index (χ4n) is 3.32. The number of pyridine rings is 2. The Morgan fingerprint density at radius 1 is 1.29 bits per heavy atom. The van der Waals surface area contributed by atoms with Gasteiger partial charge in [-0.15, -0.1) is 0 Å². The number of nitrogens with one attached hydrogen (secondary N) is 1. The molecule has 1 fully saturated rings.